The summed E-state index contributed by atoms with van der Waals surface area (Å²) < 4.78 is 18.0. The Morgan fingerprint density at radius 2 is 1.76 bits per heavy atom. The number of carbonyl (C=O) groups excluding carboxylic acids is 1. The molecule has 1 aromatic heterocycles. The van der Waals surface area contributed by atoms with E-state index in [2.05, 4.69) is 4.98 Å². The number of carbonyl (C=O) groups is 1. The quantitative estimate of drug-likeness (QED) is 0.759. The molecule has 1 aromatic carbocycles. The first-order valence-corrected chi connectivity index (χ1v) is 9.66. The lowest BCUT2D eigenvalue weighted by molar-refractivity contribution is -0.135. The Kier molecular flexibility index (Phi) is 6.32. The summed E-state index contributed by atoms with van der Waals surface area (Å²) in [6, 6.07) is 3.59. The first kappa shape index (κ1) is 21.0. The van der Waals surface area contributed by atoms with E-state index in [0.29, 0.717) is 49.7 Å². The van der Waals surface area contributed by atoms with Crippen molar-refractivity contribution in [2.75, 3.05) is 34.4 Å². The van der Waals surface area contributed by atoms with Gasteiger partial charge in [0.2, 0.25) is 11.7 Å². The van der Waals surface area contributed by atoms with Gasteiger partial charge in [0.05, 0.1) is 39.9 Å². The smallest absolute Gasteiger partial charge is 0.226 e. The Balaban J connectivity index is 1.63. The topological polar surface area (TPSA) is 86.1 Å². The number of methoxy groups -OCH3 is 3. The average molecular weight is 403 g/mol. The number of nitrogens with zero attached hydrogens (tertiary/aromatic N) is 3. The van der Waals surface area contributed by atoms with E-state index in [0.717, 1.165) is 11.4 Å². The van der Waals surface area contributed by atoms with Gasteiger partial charge < -0.3 is 28.8 Å². The minimum absolute atomic E-state index is 0.0140. The molecule has 0 bridgehead atoms. The highest BCUT2D eigenvalue weighted by atomic mass is 16.5. The molecule has 1 fully saturated rings. The lowest BCUT2D eigenvalue weighted by Gasteiger charge is -2.38. The molecule has 3 rings (SSSR count). The summed E-state index contributed by atoms with van der Waals surface area (Å²) in [5.74, 6) is 2.44. The zero-order valence-electron chi connectivity index (χ0n) is 17.5. The summed E-state index contributed by atoms with van der Waals surface area (Å²) in [6.07, 6.45) is 4.90. The minimum Gasteiger partial charge on any atom is -0.493 e. The average Bonchev–Trinajstić information content (AvgIpc) is 3.11. The summed E-state index contributed by atoms with van der Waals surface area (Å²) in [7, 11) is 4.65. The van der Waals surface area contributed by atoms with Crippen molar-refractivity contribution in [3.63, 3.8) is 0 Å². The molecule has 1 aliphatic heterocycles. The largest absolute Gasteiger partial charge is 0.493 e. The monoisotopic (exact) mass is 403 g/mol. The molecule has 8 heteroatoms. The molecule has 8 nitrogen and oxygen atoms in total. The van der Waals surface area contributed by atoms with Gasteiger partial charge in [-0.05, 0) is 37.5 Å². The van der Waals surface area contributed by atoms with E-state index in [1.165, 1.54) is 0 Å². The van der Waals surface area contributed by atoms with Crippen LogP contribution in [0.15, 0.2) is 24.5 Å². The molecule has 1 saturated heterocycles. The van der Waals surface area contributed by atoms with E-state index >= 15 is 0 Å². The Morgan fingerprint density at radius 1 is 1.14 bits per heavy atom. The third kappa shape index (κ3) is 4.64. The van der Waals surface area contributed by atoms with Gasteiger partial charge in [0.25, 0.3) is 0 Å². The molecule has 0 atom stereocenters. The maximum Gasteiger partial charge on any atom is 0.226 e. The Hall–Kier alpha value is -2.74. The van der Waals surface area contributed by atoms with E-state index < -0.39 is 5.60 Å². The number of aromatic nitrogens is 2. The fraction of sp³-hybridized carbons (Fsp3) is 0.524. The van der Waals surface area contributed by atoms with Crippen LogP contribution >= 0.6 is 0 Å². The van der Waals surface area contributed by atoms with E-state index in [4.69, 9.17) is 14.2 Å². The molecule has 0 spiro atoms. The molecular weight excluding hydrogens is 374 g/mol. The number of benzene rings is 1. The predicted molar refractivity (Wildman–Crippen MR) is 108 cm³/mol. The van der Waals surface area contributed by atoms with Crippen LogP contribution in [0, 0.1) is 6.92 Å². The predicted octanol–water partition coefficient (Wildman–Crippen LogP) is 1.81. The van der Waals surface area contributed by atoms with Crippen LogP contribution in [-0.4, -0.2) is 65.5 Å². The molecule has 29 heavy (non-hydrogen) atoms. The molecule has 0 aliphatic carbocycles. The second-order valence-electron chi connectivity index (χ2n) is 7.42. The number of hydrogen-bond acceptors (Lipinski definition) is 6. The molecule has 2 heterocycles. The first-order chi connectivity index (χ1) is 13.9. The number of piperidine rings is 1. The lowest BCUT2D eigenvalue weighted by Crippen LogP contribution is -2.49. The van der Waals surface area contributed by atoms with Gasteiger partial charge in [0.1, 0.15) is 5.82 Å². The molecule has 0 unspecified atom stereocenters. The molecule has 2 aromatic rings. The molecule has 1 amide bonds. The van der Waals surface area contributed by atoms with E-state index in [1.54, 1.807) is 44.6 Å². The molecule has 1 aliphatic rings. The van der Waals surface area contributed by atoms with E-state index in [9.17, 15) is 9.90 Å². The van der Waals surface area contributed by atoms with Crippen molar-refractivity contribution in [2.24, 2.45) is 0 Å². The van der Waals surface area contributed by atoms with E-state index in [-0.39, 0.29) is 12.3 Å². The number of ether oxygens (including phenoxy) is 3. The number of aryl methyl sites for hydroxylation is 1. The summed E-state index contributed by atoms with van der Waals surface area (Å²) >= 11 is 0. The molecular formula is C21H29N3O5. The molecule has 0 saturated carbocycles. The highest BCUT2D eigenvalue weighted by Crippen LogP contribution is 2.38. The fourth-order valence-corrected chi connectivity index (χ4v) is 3.74. The third-order valence-electron chi connectivity index (χ3n) is 5.52. The zero-order chi connectivity index (χ0) is 21.0. The van der Waals surface area contributed by atoms with Crippen molar-refractivity contribution in [3.05, 3.63) is 35.9 Å². The maximum atomic E-state index is 12.8. The second kappa shape index (κ2) is 8.73. The van der Waals surface area contributed by atoms with Crippen LogP contribution in [0.5, 0.6) is 17.2 Å². The summed E-state index contributed by atoms with van der Waals surface area (Å²) in [5, 5.41) is 10.9. The van der Waals surface area contributed by atoms with Gasteiger partial charge in [-0.15, -0.1) is 0 Å². The lowest BCUT2D eigenvalue weighted by atomic mass is 9.91. The van der Waals surface area contributed by atoms with Crippen molar-refractivity contribution >= 4 is 5.91 Å². The first-order valence-electron chi connectivity index (χ1n) is 9.66. The molecule has 0 radical (unpaired) electrons. The van der Waals surface area contributed by atoms with Crippen LogP contribution in [-0.2, 0) is 17.8 Å². The molecule has 158 valence electrons. The van der Waals surface area contributed by atoms with Crippen molar-refractivity contribution < 1.29 is 24.1 Å². The normalized spacial score (nSPS) is 15.8. The van der Waals surface area contributed by atoms with Gasteiger partial charge in [-0.1, -0.05) is 0 Å². The van der Waals surface area contributed by atoms with Crippen LogP contribution in [0.2, 0.25) is 0 Å². The van der Waals surface area contributed by atoms with Crippen LogP contribution in [0.4, 0.5) is 0 Å². The number of hydrogen-bond donors (Lipinski definition) is 1. The summed E-state index contributed by atoms with van der Waals surface area (Å²) in [5.41, 5.74) is -0.0335. The maximum absolute atomic E-state index is 12.8. The van der Waals surface area contributed by atoms with Crippen LogP contribution < -0.4 is 14.2 Å². The van der Waals surface area contributed by atoms with Gasteiger partial charge in [0, 0.05) is 25.5 Å². The number of imidazole rings is 1. The third-order valence-corrected chi connectivity index (χ3v) is 5.52. The number of likely N-dealkylation sites (tertiary alicyclic amines) is 1. The van der Waals surface area contributed by atoms with Gasteiger partial charge in [-0.3, -0.25) is 4.79 Å². The fourth-order valence-electron chi connectivity index (χ4n) is 3.74. The van der Waals surface area contributed by atoms with Gasteiger partial charge in [0.15, 0.2) is 11.5 Å². The minimum atomic E-state index is -0.825. The van der Waals surface area contributed by atoms with Crippen molar-refractivity contribution in [1.29, 1.82) is 0 Å². The van der Waals surface area contributed by atoms with Gasteiger partial charge >= 0.3 is 0 Å². The number of rotatable bonds is 7. The standard InChI is InChI=1S/C21H29N3O5/c1-15-22-7-10-24(15)14-21(26)5-8-23(9-6-21)19(25)13-16-11-17(27-2)20(29-4)18(12-16)28-3/h7,10-12,26H,5-6,8-9,13-14H2,1-4H3. The molecule has 1 N–H and O–H groups in total. The van der Waals surface area contributed by atoms with Crippen molar-refractivity contribution in [2.45, 2.75) is 38.3 Å². The highest BCUT2D eigenvalue weighted by Gasteiger charge is 2.34. The van der Waals surface area contributed by atoms with Crippen molar-refractivity contribution in [1.82, 2.24) is 14.5 Å². The van der Waals surface area contributed by atoms with Crippen LogP contribution in [0.1, 0.15) is 24.2 Å². The Bertz CT molecular complexity index is 831. The van der Waals surface area contributed by atoms with Crippen molar-refractivity contribution in [3.8, 4) is 17.2 Å². The number of aliphatic hydroxyl groups is 1. The zero-order valence-corrected chi connectivity index (χ0v) is 17.5. The summed E-state index contributed by atoms with van der Waals surface area (Å²) in [4.78, 5) is 18.8. The summed E-state index contributed by atoms with van der Waals surface area (Å²) in [6.45, 7) is 3.45. The second-order valence-corrected chi connectivity index (χ2v) is 7.42. The van der Waals surface area contributed by atoms with Crippen LogP contribution in [0.25, 0.3) is 0 Å². The van der Waals surface area contributed by atoms with E-state index in [1.807, 2.05) is 17.7 Å². The number of amides is 1. The highest BCUT2D eigenvalue weighted by molar-refractivity contribution is 5.79. The van der Waals surface area contributed by atoms with Gasteiger partial charge in [-0.2, -0.15) is 0 Å². The SMILES string of the molecule is COc1cc(CC(=O)N2CCC(O)(Cn3ccnc3C)CC2)cc(OC)c1OC. The van der Waals surface area contributed by atoms with Gasteiger partial charge in [-0.25, -0.2) is 4.98 Å². The Morgan fingerprint density at radius 3 is 2.24 bits per heavy atom. The Labute approximate surface area is 171 Å². The van der Waals surface area contributed by atoms with Crippen LogP contribution in [0.3, 0.4) is 0 Å².